The molecule has 7 heteroatoms. The van der Waals surface area contributed by atoms with E-state index in [9.17, 15) is 9.59 Å². The molecule has 172 valence electrons. The zero-order chi connectivity index (χ0) is 23.3. The molecule has 0 unspecified atom stereocenters. The van der Waals surface area contributed by atoms with Crippen LogP contribution in [0.25, 0.3) is 11.0 Å². The van der Waals surface area contributed by atoms with Crippen LogP contribution in [0.3, 0.4) is 0 Å². The molecule has 0 bridgehead atoms. The minimum atomic E-state index is -0.228. The van der Waals surface area contributed by atoms with Crippen LogP contribution < -0.4 is 10.2 Å². The number of rotatable bonds is 5. The molecule has 2 amide bonds. The van der Waals surface area contributed by atoms with Gasteiger partial charge in [-0.25, -0.2) is 9.67 Å². The van der Waals surface area contributed by atoms with Crippen molar-refractivity contribution in [3.63, 3.8) is 0 Å². The Morgan fingerprint density at radius 2 is 1.91 bits per heavy atom. The van der Waals surface area contributed by atoms with Crippen LogP contribution in [-0.4, -0.2) is 33.1 Å². The number of benzene rings is 1. The van der Waals surface area contributed by atoms with Crippen molar-refractivity contribution in [2.24, 2.45) is 0 Å². The molecule has 0 spiro atoms. The van der Waals surface area contributed by atoms with Crippen molar-refractivity contribution in [1.29, 1.82) is 0 Å². The molecule has 1 aromatic carbocycles. The SMILES string of the molecule is Cc1nn(C(C)(C)C)c2nc(C3CC3)cc(C(=O)NCc3ccc(N4CCCC4=O)cc3)c12. The van der Waals surface area contributed by atoms with Crippen molar-refractivity contribution in [1.82, 2.24) is 20.1 Å². The highest BCUT2D eigenvalue weighted by atomic mass is 16.2. The molecule has 1 N–H and O–H groups in total. The van der Waals surface area contributed by atoms with E-state index < -0.39 is 0 Å². The van der Waals surface area contributed by atoms with Gasteiger partial charge in [0.25, 0.3) is 5.91 Å². The van der Waals surface area contributed by atoms with Crippen molar-refractivity contribution >= 4 is 28.5 Å². The fourth-order valence-corrected chi connectivity index (χ4v) is 4.54. The van der Waals surface area contributed by atoms with Crippen LogP contribution in [0.4, 0.5) is 5.69 Å². The summed E-state index contributed by atoms with van der Waals surface area (Å²) in [5.41, 5.74) is 4.92. The maximum atomic E-state index is 13.3. The second-order valence-corrected chi connectivity index (χ2v) is 10.2. The summed E-state index contributed by atoms with van der Waals surface area (Å²) >= 11 is 0. The number of nitrogens with zero attached hydrogens (tertiary/aromatic N) is 4. The maximum Gasteiger partial charge on any atom is 0.252 e. The van der Waals surface area contributed by atoms with Crippen LogP contribution in [-0.2, 0) is 16.9 Å². The van der Waals surface area contributed by atoms with Crippen LogP contribution in [0.5, 0.6) is 0 Å². The molecule has 1 saturated heterocycles. The Kier molecular flexibility index (Phi) is 5.22. The van der Waals surface area contributed by atoms with Crippen LogP contribution in [0.1, 0.15) is 79.7 Å². The number of hydrogen-bond acceptors (Lipinski definition) is 4. The zero-order valence-corrected chi connectivity index (χ0v) is 19.8. The molecule has 1 saturated carbocycles. The summed E-state index contributed by atoms with van der Waals surface area (Å²) in [7, 11) is 0. The lowest BCUT2D eigenvalue weighted by molar-refractivity contribution is -0.117. The quantitative estimate of drug-likeness (QED) is 0.630. The summed E-state index contributed by atoms with van der Waals surface area (Å²) in [6.45, 7) is 9.44. The van der Waals surface area contributed by atoms with Crippen LogP contribution in [0.2, 0.25) is 0 Å². The number of carbonyl (C=O) groups excluding carboxylic acids is 2. The number of pyridine rings is 1. The van der Waals surface area contributed by atoms with Crippen molar-refractivity contribution in [3.8, 4) is 0 Å². The number of anilines is 1. The first-order chi connectivity index (χ1) is 15.7. The second-order valence-electron chi connectivity index (χ2n) is 10.2. The Morgan fingerprint density at radius 1 is 1.18 bits per heavy atom. The van der Waals surface area contributed by atoms with E-state index in [-0.39, 0.29) is 17.4 Å². The first-order valence-electron chi connectivity index (χ1n) is 11.8. The number of aryl methyl sites for hydroxylation is 1. The Morgan fingerprint density at radius 3 is 2.52 bits per heavy atom. The lowest BCUT2D eigenvalue weighted by Gasteiger charge is -2.20. The molecule has 2 aliphatic rings. The normalized spacial score (nSPS) is 16.6. The van der Waals surface area contributed by atoms with Gasteiger partial charge in [0.1, 0.15) is 0 Å². The monoisotopic (exact) mass is 445 g/mol. The van der Waals surface area contributed by atoms with E-state index in [0.717, 1.165) is 59.5 Å². The summed E-state index contributed by atoms with van der Waals surface area (Å²) < 4.78 is 1.94. The minimum Gasteiger partial charge on any atom is -0.348 e. The number of amides is 2. The van der Waals surface area contributed by atoms with Gasteiger partial charge in [0.2, 0.25) is 5.91 Å². The minimum absolute atomic E-state index is 0.111. The Labute approximate surface area is 194 Å². The van der Waals surface area contributed by atoms with Gasteiger partial charge in [-0.3, -0.25) is 9.59 Å². The lowest BCUT2D eigenvalue weighted by atomic mass is 10.1. The largest absolute Gasteiger partial charge is 0.348 e. The second kappa shape index (κ2) is 7.97. The number of hydrogen-bond donors (Lipinski definition) is 1. The lowest BCUT2D eigenvalue weighted by Crippen LogP contribution is -2.25. The molecule has 3 aromatic rings. The molecular formula is C26H31N5O2. The van der Waals surface area contributed by atoms with Gasteiger partial charge in [-0.2, -0.15) is 5.10 Å². The van der Waals surface area contributed by atoms with Crippen molar-refractivity contribution in [2.45, 2.75) is 71.4 Å². The molecule has 33 heavy (non-hydrogen) atoms. The van der Waals surface area contributed by atoms with Crippen LogP contribution in [0, 0.1) is 6.92 Å². The first-order valence-corrected chi connectivity index (χ1v) is 11.8. The molecular weight excluding hydrogens is 414 g/mol. The Balaban J connectivity index is 1.40. The van der Waals surface area contributed by atoms with Gasteiger partial charge >= 0.3 is 0 Å². The van der Waals surface area contributed by atoms with Gasteiger partial charge in [-0.05, 0) is 70.7 Å². The third-order valence-electron chi connectivity index (χ3n) is 6.48. The van der Waals surface area contributed by atoms with Gasteiger partial charge in [-0.15, -0.1) is 0 Å². The Hall–Kier alpha value is -3.22. The maximum absolute atomic E-state index is 13.3. The van der Waals surface area contributed by atoms with E-state index >= 15 is 0 Å². The van der Waals surface area contributed by atoms with Gasteiger partial charge in [0.05, 0.1) is 22.2 Å². The highest BCUT2D eigenvalue weighted by Gasteiger charge is 2.30. The smallest absolute Gasteiger partial charge is 0.252 e. The highest BCUT2D eigenvalue weighted by molar-refractivity contribution is 6.06. The molecule has 3 heterocycles. The van der Waals surface area contributed by atoms with E-state index in [1.807, 2.05) is 46.8 Å². The summed E-state index contributed by atoms with van der Waals surface area (Å²) in [4.78, 5) is 32.0. The van der Waals surface area contributed by atoms with Crippen LogP contribution >= 0.6 is 0 Å². The summed E-state index contributed by atoms with van der Waals surface area (Å²) in [6.07, 6.45) is 3.76. The third kappa shape index (κ3) is 4.12. The van der Waals surface area contributed by atoms with Gasteiger partial charge < -0.3 is 10.2 Å². The number of carbonyl (C=O) groups is 2. The van der Waals surface area contributed by atoms with Crippen molar-refractivity contribution < 1.29 is 9.59 Å². The fourth-order valence-electron chi connectivity index (χ4n) is 4.54. The van der Waals surface area contributed by atoms with E-state index in [1.165, 1.54) is 0 Å². The van der Waals surface area contributed by atoms with Gasteiger partial charge in [0.15, 0.2) is 5.65 Å². The topological polar surface area (TPSA) is 80.1 Å². The molecule has 0 radical (unpaired) electrons. The van der Waals surface area contributed by atoms with E-state index in [2.05, 4.69) is 26.1 Å². The molecule has 1 aliphatic heterocycles. The molecule has 2 aromatic heterocycles. The zero-order valence-electron chi connectivity index (χ0n) is 19.8. The van der Waals surface area contributed by atoms with E-state index in [1.54, 1.807) is 0 Å². The molecule has 5 rings (SSSR count). The summed E-state index contributed by atoms with van der Waals surface area (Å²) in [5, 5.41) is 8.65. The Bertz CT molecular complexity index is 1230. The highest BCUT2D eigenvalue weighted by Crippen LogP contribution is 2.41. The van der Waals surface area contributed by atoms with Gasteiger partial charge in [0, 0.05) is 36.8 Å². The third-order valence-corrected chi connectivity index (χ3v) is 6.48. The number of nitrogens with one attached hydrogen (secondary N) is 1. The predicted molar refractivity (Wildman–Crippen MR) is 128 cm³/mol. The standard InChI is InChI=1S/C26H31N5O2/c1-16-23-20(14-21(18-9-10-18)28-24(23)31(29-16)26(2,3)4)25(33)27-15-17-7-11-19(12-8-17)30-13-5-6-22(30)32/h7-8,11-12,14,18H,5-6,9-10,13,15H2,1-4H3,(H,27,33). The molecule has 0 atom stereocenters. The molecule has 1 aliphatic carbocycles. The molecule has 7 nitrogen and oxygen atoms in total. The van der Waals surface area contributed by atoms with E-state index in [4.69, 9.17) is 10.1 Å². The van der Waals surface area contributed by atoms with Gasteiger partial charge in [-0.1, -0.05) is 12.1 Å². The van der Waals surface area contributed by atoms with Crippen molar-refractivity contribution in [2.75, 3.05) is 11.4 Å². The predicted octanol–water partition coefficient (Wildman–Crippen LogP) is 4.43. The summed E-state index contributed by atoms with van der Waals surface area (Å²) in [5.74, 6) is 0.500. The number of aromatic nitrogens is 3. The summed E-state index contributed by atoms with van der Waals surface area (Å²) in [6, 6.07) is 9.82. The van der Waals surface area contributed by atoms with Crippen LogP contribution in [0.15, 0.2) is 30.3 Å². The fraction of sp³-hybridized carbons (Fsp3) is 0.462. The van der Waals surface area contributed by atoms with E-state index in [0.29, 0.717) is 24.4 Å². The average Bonchev–Trinajstić information content (AvgIpc) is 3.46. The van der Waals surface area contributed by atoms with Crippen molar-refractivity contribution in [3.05, 3.63) is 52.8 Å². The molecule has 2 fully saturated rings. The average molecular weight is 446 g/mol. The number of fused-ring (bicyclic) bond motifs is 1. The first kappa shape index (κ1) is 21.6.